The van der Waals surface area contributed by atoms with E-state index in [-0.39, 0.29) is 18.4 Å². The first-order valence-electron chi connectivity index (χ1n) is 8.39. The number of carbonyl (C=O) groups excluding carboxylic acids is 2. The number of rotatable bonds is 9. The lowest BCUT2D eigenvalue weighted by Crippen LogP contribution is -2.34. The third-order valence-electron chi connectivity index (χ3n) is 3.66. The predicted octanol–water partition coefficient (Wildman–Crippen LogP) is 2.49. The minimum absolute atomic E-state index is 0.00275. The fourth-order valence-corrected chi connectivity index (χ4v) is 2.29. The van der Waals surface area contributed by atoms with Gasteiger partial charge in [-0.2, -0.15) is 0 Å². The smallest absolute Gasteiger partial charge is 0.250 e. The van der Waals surface area contributed by atoms with Crippen LogP contribution < -0.4 is 10.6 Å². The van der Waals surface area contributed by atoms with Crippen LogP contribution in [0.1, 0.15) is 18.1 Å². The molecule has 0 aliphatic heterocycles. The molecule has 2 rings (SSSR count). The largest absolute Gasteiger partial charge is 0.375 e. The highest BCUT2D eigenvalue weighted by atomic mass is 16.5. The lowest BCUT2D eigenvalue weighted by atomic mass is 10.2. The van der Waals surface area contributed by atoms with Crippen LogP contribution in [0.15, 0.2) is 54.6 Å². The second-order valence-electron chi connectivity index (χ2n) is 5.84. The number of methoxy groups -OCH3 is 1. The van der Waals surface area contributed by atoms with Gasteiger partial charge in [-0.3, -0.25) is 9.59 Å². The summed E-state index contributed by atoms with van der Waals surface area (Å²) < 4.78 is 10.4. The summed E-state index contributed by atoms with van der Waals surface area (Å²) in [5, 5.41) is 5.57. The molecule has 0 bridgehead atoms. The fourth-order valence-electron chi connectivity index (χ4n) is 2.29. The Balaban J connectivity index is 1.80. The monoisotopic (exact) mass is 356 g/mol. The molecular formula is C20H24N2O4. The molecule has 26 heavy (non-hydrogen) atoms. The van der Waals surface area contributed by atoms with E-state index < -0.39 is 6.10 Å². The van der Waals surface area contributed by atoms with E-state index in [9.17, 15) is 9.59 Å². The Morgan fingerprint density at radius 3 is 2.50 bits per heavy atom. The number of ether oxygens (including phenoxy) is 2. The van der Waals surface area contributed by atoms with Crippen molar-refractivity contribution < 1.29 is 19.1 Å². The van der Waals surface area contributed by atoms with Crippen LogP contribution in [0, 0.1) is 0 Å². The van der Waals surface area contributed by atoms with Gasteiger partial charge in [-0.15, -0.1) is 0 Å². The second-order valence-corrected chi connectivity index (χ2v) is 5.84. The second kappa shape index (κ2) is 10.3. The molecule has 0 saturated carbocycles. The lowest BCUT2D eigenvalue weighted by Gasteiger charge is -2.14. The van der Waals surface area contributed by atoms with Crippen LogP contribution in [-0.4, -0.2) is 31.6 Å². The van der Waals surface area contributed by atoms with E-state index in [1.807, 2.05) is 48.5 Å². The molecule has 2 aromatic rings. The summed E-state index contributed by atoms with van der Waals surface area (Å²) >= 11 is 0. The number of benzene rings is 2. The van der Waals surface area contributed by atoms with E-state index in [1.54, 1.807) is 13.0 Å². The van der Waals surface area contributed by atoms with Crippen LogP contribution in [0.3, 0.4) is 0 Å². The number of hydrogen-bond donors (Lipinski definition) is 2. The van der Waals surface area contributed by atoms with Gasteiger partial charge in [-0.25, -0.2) is 0 Å². The van der Waals surface area contributed by atoms with Crippen molar-refractivity contribution >= 4 is 17.5 Å². The van der Waals surface area contributed by atoms with Gasteiger partial charge in [0.15, 0.2) is 0 Å². The van der Waals surface area contributed by atoms with Gasteiger partial charge in [0.1, 0.15) is 12.7 Å². The zero-order chi connectivity index (χ0) is 18.8. The highest BCUT2D eigenvalue weighted by Gasteiger charge is 2.13. The Labute approximate surface area is 153 Å². The first-order chi connectivity index (χ1) is 12.6. The standard InChI is InChI=1S/C20H24N2O4/c1-15(26-13-16-7-4-3-5-8-16)20(24)21-12-17-9-6-10-18(11-17)22-19(23)14-25-2/h3-11,15H,12-14H2,1-2H3,(H,21,24)(H,22,23). The highest BCUT2D eigenvalue weighted by Crippen LogP contribution is 2.11. The molecule has 2 aromatic carbocycles. The topological polar surface area (TPSA) is 76.7 Å². The molecular weight excluding hydrogens is 332 g/mol. The maximum atomic E-state index is 12.2. The number of carbonyl (C=O) groups is 2. The molecule has 138 valence electrons. The van der Waals surface area contributed by atoms with Gasteiger partial charge >= 0.3 is 0 Å². The van der Waals surface area contributed by atoms with Crippen molar-refractivity contribution in [2.45, 2.75) is 26.2 Å². The summed E-state index contributed by atoms with van der Waals surface area (Å²) in [6.45, 7) is 2.46. The van der Waals surface area contributed by atoms with Crippen molar-refractivity contribution in [3.8, 4) is 0 Å². The summed E-state index contributed by atoms with van der Waals surface area (Å²) in [6, 6.07) is 17.0. The highest BCUT2D eigenvalue weighted by molar-refractivity contribution is 5.91. The normalized spacial score (nSPS) is 11.6. The Morgan fingerprint density at radius 1 is 1.04 bits per heavy atom. The zero-order valence-electron chi connectivity index (χ0n) is 15.0. The minimum atomic E-state index is -0.556. The van der Waals surface area contributed by atoms with E-state index in [2.05, 4.69) is 10.6 Å². The molecule has 6 heteroatoms. The van der Waals surface area contributed by atoms with Crippen LogP contribution in [0.25, 0.3) is 0 Å². The van der Waals surface area contributed by atoms with Crippen LogP contribution in [0.4, 0.5) is 5.69 Å². The summed E-state index contributed by atoms with van der Waals surface area (Å²) in [5.74, 6) is -0.411. The average Bonchev–Trinajstić information content (AvgIpc) is 2.65. The molecule has 2 N–H and O–H groups in total. The van der Waals surface area contributed by atoms with Crippen LogP contribution in [0.5, 0.6) is 0 Å². The molecule has 0 aliphatic carbocycles. The third kappa shape index (κ3) is 6.66. The van der Waals surface area contributed by atoms with Crippen molar-refractivity contribution in [2.75, 3.05) is 19.0 Å². The molecule has 0 saturated heterocycles. The number of amides is 2. The molecule has 0 spiro atoms. The molecule has 1 atom stereocenters. The van der Waals surface area contributed by atoms with Crippen molar-refractivity contribution in [1.82, 2.24) is 5.32 Å². The fraction of sp³-hybridized carbons (Fsp3) is 0.300. The first-order valence-corrected chi connectivity index (χ1v) is 8.39. The molecule has 0 aromatic heterocycles. The van der Waals surface area contributed by atoms with E-state index in [4.69, 9.17) is 9.47 Å². The Hall–Kier alpha value is -2.70. The molecule has 2 amide bonds. The van der Waals surface area contributed by atoms with Crippen molar-refractivity contribution in [3.05, 3.63) is 65.7 Å². The van der Waals surface area contributed by atoms with Crippen molar-refractivity contribution in [2.24, 2.45) is 0 Å². The first kappa shape index (κ1) is 19.6. The van der Waals surface area contributed by atoms with Gasteiger partial charge in [-0.1, -0.05) is 42.5 Å². The SMILES string of the molecule is COCC(=O)Nc1cccc(CNC(=O)C(C)OCc2ccccc2)c1. The maximum absolute atomic E-state index is 12.2. The number of hydrogen-bond acceptors (Lipinski definition) is 4. The summed E-state index contributed by atoms with van der Waals surface area (Å²) in [6.07, 6.45) is -0.556. The minimum Gasteiger partial charge on any atom is -0.375 e. The molecule has 6 nitrogen and oxygen atoms in total. The average molecular weight is 356 g/mol. The Bertz CT molecular complexity index is 719. The Kier molecular flexibility index (Phi) is 7.79. The molecule has 0 aliphatic rings. The molecule has 1 unspecified atom stereocenters. The van der Waals surface area contributed by atoms with E-state index in [0.717, 1.165) is 11.1 Å². The number of nitrogens with one attached hydrogen (secondary N) is 2. The van der Waals surface area contributed by atoms with Gasteiger partial charge in [0.25, 0.3) is 0 Å². The van der Waals surface area contributed by atoms with Gasteiger partial charge in [0.05, 0.1) is 6.61 Å². The third-order valence-corrected chi connectivity index (χ3v) is 3.66. The van der Waals surface area contributed by atoms with Gasteiger partial charge in [-0.05, 0) is 30.2 Å². The van der Waals surface area contributed by atoms with Crippen LogP contribution >= 0.6 is 0 Å². The zero-order valence-corrected chi connectivity index (χ0v) is 15.0. The Morgan fingerprint density at radius 2 is 1.77 bits per heavy atom. The van der Waals surface area contributed by atoms with Crippen molar-refractivity contribution in [3.63, 3.8) is 0 Å². The summed E-state index contributed by atoms with van der Waals surface area (Å²) in [4.78, 5) is 23.7. The van der Waals surface area contributed by atoms with Crippen LogP contribution in [-0.2, 0) is 32.2 Å². The molecule has 0 heterocycles. The van der Waals surface area contributed by atoms with Gasteiger partial charge < -0.3 is 20.1 Å². The van der Waals surface area contributed by atoms with Crippen LogP contribution in [0.2, 0.25) is 0 Å². The maximum Gasteiger partial charge on any atom is 0.250 e. The number of anilines is 1. The van der Waals surface area contributed by atoms with Gasteiger partial charge in [0.2, 0.25) is 11.8 Å². The molecule has 0 radical (unpaired) electrons. The predicted molar refractivity (Wildman–Crippen MR) is 99.5 cm³/mol. The van der Waals surface area contributed by atoms with Gasteiger partial charge in [0, 0.05) is 19.3 Å². The lowest BCUT2D eigenvalue weighted by molar-refractivity contribution is -0.132. The van der Waals surface area contributed by atoms with E-state index in [0.29, 0.717) is 18.8 Å². The quantitative estimate of drug-likeness (QED) is 0.724. The summed E-state index contributed by atoms with van der Waals surface area (Å²) in [5.41, 5.74) is 2.56. The summed E-state index contributed by atoms with van der Waals surface area (Å²) in [7, 11) is 1.46. The van der Waals surface area contributed by atoms with E-state index >= 15 is 0 Å². The van der Waals surface area contributed by atoms with Crippen molar-refractivity contribution in [1.29, 1.82) is 0 Å². The van der Waals surface area contributed by atoms with E-state index in [1.165, 1.54) is 7.11 Å². The molecule has 0 fully saturated rings.